The second-order valence-electron chi connectivity index (χ2n) is 5.70. The van der Waals surface area contributed by atoms with Crippen LogP contribution in [0.3, 0.4) is 0 Å². The molecule has 14 heavy (non-hydrogen) atoms. The van der Waals surface area contributed by atoms with Gasteiger partial charge in [0.05, 0.1) is 0 Å². The third-order valence-electron chi connectivity index (χ3n) is 4.68. The summed E-state index contributed by atoms with van der Waals surface area (Å²) in [6.07, 6.45) is 10.9. The van der Waals surface area contributed by atoms with Crippen LogP contribution in [-0.2, 0) is 0 Å². The molecule has 2 saturated carbocycles. The molecular weight excluding hydrogens is 172 g/mol. The smallest absolute Gasteiger partial charge is 0.0490 e. The van der Waals surface area contributed by atoms with Gasteiger partial charge in [0, 0.05) is 6.61 Å². The first-order valence-corrected chi connectivity index (χ1v) is 6.38. The fourth-order valence-corrected chi connectivity index (χ4v) is 3.79. The maximum Gasteiger partial charge on any atom is 0.0490 e. The Morgan fingerprint density at radius 1 is 1.14 bits per heavy atom. The minimum absolute atomic E-state index is 0.333. The first kappa shape index (κ1) is 10.5. The van der Waals surface area contributed by atoms with E-state index in [-0.39, 0.29) is 0 Å². The van der Waals surface area contributed by atoms with Crippen LogP contribution in [0, 0.1) is 17.3 Å². The summed E-state index contributed by atoms with van der Waals surface area (Å²) in [6.45, 7) is 2.79. The fourth-order valence-electron chi connectivity index (χ4n) is 3.79. The Labute approximate surface area is 87.9 Å². The molecule has 0 unspecified atom stereocenters. The molecule has 2 aliphatic rings. The van der Waals surface area contributed by atoms with Gasteiger partial charge in [0.2, 0.25) is 0 Å². The highest BCUT2D eigenvalue weighted by Gasteiger charge is 2.43. The highest BCUT2D eigenvalue weighted by molar-refractivity contribution is 4.93. The van der Waals surface area contributed by atoms with Crippen molar-refractivity contribution in [3.63, 3.8) is 0 Å². The van der Waals surface area contributed by atoms with Crippen LogP contribution < -0.4 is 0 Å². The summed E-state index contributed by atoms with van der Waals surface area (Å²) >= 11 is 0. The Bertz CT molecular complexity index is 184. The molecule has 0 spiro atoms. The van der Waals surface area contributed by atoms with E-state index in [1.807, 2.05) is 0 Å². The van der Waals surface area contributed by atoms with Crippen LogP contribution in [0.15, 0.2) is 0 Å². The molecule has 2 atom stereocenters. The zero-order chi connectivity index (χ0) is 10.0. The van der Waals surface area contributed by atoms with Gasteiger partial charge in [-0.25, -0.2) is 0 Å². The van der Waals surface area contributed by atoms with Crippen molar-refractivity contribution in [3.8, 4) is 0 Å². The number of hydrogen-bond acceptors (Lipinski definition) is 1. The Morgan fingerprint density at radius 3 is 2.36 bits per heavy atom. The van der Waals surface area contributed by atoms with Crippen molar-refractivity contribution in [2.24, 2.45) is 17.3 Å². The SMILES string of the molecule is C[C@@H]1CC[C@](CO)(C2CCCCC2)C1. The van der Waals surface area contributed by atoms with Crippen LogP contribution in [0.5, 0.6) is 0 Å². The lowest BCUT2D eigenvalue weighted by molar-refractivity contribution is 0.0426. The molecular formula is C13H24O. The summed E-state index contributed by atoms with van der Waals surface area (Å²) in [5.74, 6) is 1.69. The monoisotopic (exact) mass is 196 g/mol. The van der Waals surface area contributed by atoms with E-state index in [2.05, 4.69) is 6.92 Å². The summed E-state index contributed by atoms with van der Waals surface area (Å²) in [5, 5.41) is 9.69. The van der Waals surface area contributed by atoms with E-state index >= 15 is 0 Å². The van der Waals surface area contributed by atoms with E-state index in [0.29, 0.717) is 12.0 Å². The zero-order valence-corrected chi connectivity index (χ0v) is 9.47. The van der Waals surface area contributed by atoms with Crippen molar-refractivity contribution < 1.29 is 5.11 Å². The minimum atomic E-state index is 0.333. The molecule has 1 N–H and O–H groups in total. The van der Waals surface area contributed by atoms with E-state index in [1.54, 1.807) is 0 Å². The zero-order valence-electron chi connectivity index (χ0n) is 9.47. The molecule has 0 aromatic heterocycles. The maximum atomic E-state index is 9.69. The lowest BCUT2D eigenvalue weighted by atomic mass is 9.68. The molecule has 2 aliphatic carbocycles. The number of aliphatic hydroxyl groups is 1. The summed E-state index contributed by atoms with van der Waals surface area (Å²) < 4.78 is 0. The molecule has 82 valence electrons. The molecule has 0 aromatic carbocycles. The molecule has 0 bridgehead atoms. The lowest BCUT2D eigenvalue weighted by Gasteiger charge is -2.38. The van der Waals surface area contributed by atoms with Crippen molar-refractivity contribution in [2.45, 2.75) is 58.3 Å². The Hall–Kier alpha value is -0.0400. The van der Waals surface area contributed by atoms with Crippen LogP contribution >= 0.6 is 0 Å². The molecule has 1 nitrogen and oxygen atoms in total. The number of hydrogen-bond donors (Lipinski definition) is 1. The van der Waals surface area contributed by atoms with Crippen LogP contribution in [0.25, 0.3) is 0 Å². The van der Waals surface area contributed by atoms with Gasteiger partial charge in [0.25, 0.3) is 0 Å². The van der Waals surface area contributed by atoms with Crippen molar-refractivity contribution in [1.29, 1.82) is 0 Å². The summed E-state index contributed by atoms with van der Waals surface area (Å²) in [6, 6.07) is 0. The summed E-state index contributed by atoms with van der Waals surface area (Å²) in [4.78, 5) is 0. The van der Waals surface area contributed by atoms with Gasteiger partial charge in [0.1, 0.15) is 0 Å². The van der Waals surface area contributed by atoms with Gasteiger partial charge in [-0.2, -0.15) is 0 Å². The van der Waals surface area contributed by atoms with E-state index in [9.17, 15) is 5.11 Å². The first-order chi connectivity index (χ1) is 6.77. The van der Waals surface area contributed by atoms with Crippen molar-refractivity contribution in [2.75, 3.05) is 6.61 Å². The minimum Gasteiger partial charge on any atom is -0.396 e. The van der Waals surface area contributed by atoms with Gasteiger partial charge >= 0.3 is 0 Å². The Kier molecular flexibility index (Phi) is 3.16. The molecule has 0 saturated heterocycles. The van der Waals surface area contributed by atoms with E-state index < -0.39 is 0 Å². The fraction of sp³-hybridized carbons (Fsp3) is 1.00. The number of aliphatic hydroxyl groups excluding tert-OH is 1. The molecule has 0 aliphatic heterocycles. The standard InChI is InChI=1S/C13H24O/c1-11-7-8-13(9-11,10-14)12-5-3-2-4-6-12/h11-12,14H,2-10H2,1H3/t11-,13+/m1/s1. The summed E-state index contributed by atoms with van der Waals surface area (Å²) in [7, 11) is 0. The van der Waals surface area contributed by atoms with Crippen molar-refractivity contribution in [3.05, 3.63) is 0 Å². The van der Waals surface area contributed by atoms with Crippen LogP contribution in [-0.4, -0.2) is 11.7 Å². The van der Waals surface area contributed by atoms with Crippen LogP contribution in [0.2, 0.25) is 0 Å². The average Bonchev–Trinajstić information content (AvgIpc) is 2.63. The van der Waals surface area contributed by atoms with Gasteiger partial charge in [-0.3, -0.25) is 0 Å². The third kappa shape index (κ3) is 1.84. The topological polar surface area (TPSA) is 20.2 Å². The van der Waals surface area contributed by atoms with Crippen LogP contribution in [0.1, 0.15) is 58.3 Å². The quantitative estimate of drug-likeness (QED) is 0.718. The second kappa shape index (κ2) is 4.22. The molecule has 0 radical (unpaired) electrons. The van der Waals surface area contributed by atoms with Crippen molar-refractivity contribution in [1.82, 2.24) is 0 Å². The predicted octanol–water partition coefficient (Wildman–Crippen LogP) is 3.37. The Morgan fingerprint density at radius 2 is 1.86 bits per heavy atom. The molecule has 0 heterocycles. The van der Waals surface area contributed by atoms with E-state index in [0.717, 1.165) is 11.8 Å². The third-order valence-corrected chi connectivity index (χ3v) is 4.68. The predicted molar refractivity (Wildman–Crippen MR) is 59.1 cm³/mol. The molecule has 2 fully saturated rings. The molecule has 0 amide bonds. The normalized spacial score (nSPS) is 40.3. The highest BCUT2D eigenvalue weighted by Crippen LogP contribution is 2.51. The van der Waals surface area contributed by atoms with Gasteiger partial charge in [-0.15, -0.1) is 0 Å². The first-order valence-electron chi connectivity index (χ1n) is 6.38. The van der Waals surface area contributed by atoms with Gasteiger partial charge in [0.15, 0.2) is 0 Å². The molecule has 1 heteroatoms. The van der Waals surface area contributed by atoms with E-state index in [4.69, 9.17) is 0 Å². The van der Waals surface area contributed by atoms with Gasteiger partial charge < -0.3 is 5.11 Å². The number of rotatable bonds is 2. The Balaban J connectivity index is 2.03. The molecule has 2 rings (SSSR count). The van der Waals surface area contributed by atoms with Crippen LogP contribution in [0.4, 0.5) is 0 Å². The average molecular weight is 196 g/mol. The highest BCUT2D eigenvalue weighted by atomic mass is 16.3. The van der Waals surface area contributed by atoms with Gasteiger partial charge in [-0.05, 0) is 42.9 Å². The maximum absolute atomic E-state index is 9.69. The molecule has 0 aromatic rings. The second-order valence-corrected chi connectivity index (χ2v) is 5.70. The van der Waals surface area contributed by atoms with Crippen molar-refractivity contribution >= 4 is 0 Å². The van der Waals surface area contributed by atoms with E-state index in [1.165, 1.54) is 51.4 Å². The van der Waals surface area contributed by atoms with Gasteiger partial charge in [-0.1, -0.05) is 32.6 Å². The largest absolute Gasteiger partial charge is 0.396 e. The lowest BCUT2D eigenvalue weighted by Crippen LogP contribution is -2.33. The summed E-state index contributed by atoms with van der Waals surface area (Å²) in [5.41, 5.74) is 0.333.